The molecule has 1 N–H and O–H groups in total. The second-order valence-electron chi connectivity index (χ2n) is 3.52. The molecule has 0 bridgehead atoms. The van der Waals surface area contributed by atoms with E-state index < -0.39 is 0 Å². The lowest BCUT2D eigenvalue weighted by Crippen LogP contribution is -2.09. The van der Waals surface area contributed by atoms with Crippen LogP contribution in [0.15, 0.2) is 35.6 Å². The first-order valence-corrected chi connectivity index (χ1v) is 5.43. The molecular weight excluding hydrogens is 218 g/mol. The van der Waals surface area contributed by atoms with Crippen molar-refractivity contribution in [1.29, 1.82) is 0 Å². The number of nitrogens with zero attached hydrogens (tertiary/aromatic N) is 2. The van der Waals surface area contributed by atoms with E-state index in [-0.39, 0.29) is 5.56 Å². The Bertz CT molecular complexity index is 551. The van der Waals surface area contributed by atoms with Gasteiger partial charge in [-0.3, -0.25) is 9.78 Å². The van der Waals surface area contributed by atoms with Crippen molar-refractivity contribution in [3.8, 4) is 17.0 Å². The molecule has 17 heavy (non-hydrogen) atoms. The summed E-state index contributed by atoms with van der Waals surface area (Å²) in [5.74, 6) is 0.648. The number of ether oxygens (including phenoxy) is 1. The summed E-state index contributed by atoms with van der Waals surface area (Å²) in [5, 5.41) is 0. The number of pyridine rings is 1. The third kappa shape index (κ3) is 2.69. The second kappa shape index (κ2) is 5.25. The zero-order chi connectivity index (χ0) is 12.1. The van der Waals surface area contributed by atoms with E-state index in [2.05, 4.69) is 15.0 Å². The lowest BCUT2D eigenvalue weighted by atomic mass is 10.2. The molecule has 0 atom stereocenters. The number of aromatic nitrogens is 3. The van der Waals surface area contributed by atoms with Gasteiger partial charge in [-0.05, 0) is 12.5 Å². The molecular formula is C12H13N3O2. The normalized spacial score (nSPS) is 10.2. The highest BCUT2D eigenvalue weighted by atomic mass is 16.5. The van der Waals surface area contributed by atoms with Gasteiger partial charge >= 0.3 is 0 Å². The molecule has 0 saturated carbocycles. The van der Waals surface area contributed by atoms with Crippen molar-refractivity contribution >= 4 is 0 Å². The van der Waals surface area contributed by atoms with Gasteiger partial charge in [0.2, 0.25) is 0 Å². The van der Waals surface area contributed by atoms with Gasteiger partial charge in [0.25, 0.3) is 5.56 Å². The maximum atomic E-state index is 11.6. The summed E-state index contributed by atoms with van der Waals surface area (Å²) in [6, 6.07) is 1.76. The minimum Gasteiger partial charge on any atom is -0.492 e. The monoisotopic (exact) mass is 231 g/mol. The van der Waals surface area contributed by atoms with Crippen LogP contribution in [0.5, 0.6) is 5.75 Å². The van der Waals surface area contributed by atoms with Crippen LogP contribution in [-0.2, 0) is 0 Å². The predicted molar refractivity (Wildman–Crippen MR) is 63.9 cm³/mol. The van der Waals surface area contributed by atoms with E-state index in [0.29, 0.717) is 23.6 Å². The summed E-state index contributed by atoms with van der Waals surface area (Å²) in [5.41, 5.74) is 0.768. The number of hydrogen-bond donors (Lipinski definition) is 1. The van der Waals surface area contributed by atoms with Crippen molar-refractivity contribution in [2.24, 2.45) is 0 Å². The third-order valence-electron chi connectivity index (χ3n) is 2.17. The molecule has 0 aromatic carbocycles. The van der Waals surface area contributed by atoms with Gasteiger partial charge in [-0.1, -0.05) is 6.92 Å². The van der Waals surface area contributed by atoms with E-state index in [4.69, 9.17) is 4.74 Å². The smallest absolute Gasteiger partial charge is 0.274 e. The van der Waals surface area contributed by atoms with Gasteiger partial charge < -0.3 is 9.72 Å². The molecule has 2 aromatic heterocycles. The van der Waals surface area contributed by atoms with Gasteiger partial charge in [0, 0.05) is 24.2 Å². The van der Waals surface area contributed by atoms with Crippen LogP contribution < -0.4 is 10.3 Å². The van der Waals surface area contributed by atoms with Gasteiger partial charge in [-0.2, -0.15) is 0 Å². The molecule has 0 unspecified atom stereocenters. The van der Waals surface area contributed by atoms with Crippen LogP contribution in [0.4, 0.5) is 0 Å². The maximum Gasteiger partial charge on any atom is 0.274 e. The maximum absolute atomic E-state index is 11.6. The topological polar surface area (TPSA) is 67.9 Å². The zero-order valence-electron chi connectivity index (χ0n) is 9.51. The summed E-state index contributed by atoms with van der Waals surface area (Å²) < 4.78 is 5.45. The Hall–Kier alpha value is -2.17. The van der Waals surface area contributed by atoms with Gasteiger partial charge in [-0.15, -0.1) is 0 Å². The van der Waals surface area contributed by atoms with Gasteiger partial charge in [-0.25, -0.2) is 4.98 Å². The molecule has 0 aliphatic rings. The number of H-pyrrole nitrogens is 1. The summed E-state index contributed by atoms with van der Waals surface area (Å²) >= 11 is 0. The third-order valence-corrected chi connectivity index (χ3v) is 2.17. The lowest BCUT2D eigenvalue weighted by Gasteiger charge is -2.05. The highest BCUT2D eigenvalue weighted by Crippen LogP contribution is 2.17. The van der Waals surface area contributed by atoms with E-state index in [9.17, 15) is 4.79 Å². The van der Waals surface area contributed by atoms with E-state index in [1.807, 2.05) is 6.92 Å². The number of aromatic amines is 1. The Kier molecular flexibility index (Phi) is 3.49. The molecule has 2 aromatic rings. The van der Waals surface area contributed by atoms with E-state index in [0.717, 1.165) is 6.42 Å². The largest absolute Gasteiger partial charge is 0.492 e. The Labute approximate surface area is 98.5 Å². The number of rotatable bonds is 4. The molecule has 0 fully saturated rings. The summed E-state index contributed by atoms with van der Waals surface area (Å²) in [7, 11) is 0. The van der Waals surface area contributed by atoms with Crippen molar-refractivity contribution in [1.82, 2.24) is 15.0 Å². The summed E-state index contributed by atoms with van der Waals surface area (Å²) in [6.45, 7) is 2.66. The molecule has 5 heteroatoms. The van der Waals surface area contributed by atoms with Crippen LogP contribution >= 0.6 is 0 Å². The van der Waals surface area contributed by atoms with Crippen LogP contribution in [0.2, 0.25) is 0 Å². The summed E-state index contributed by atoms with van der Waals surface area (Å²) in [6.07, 6.45) is 7.17. The Balaban J connectivity index is 2.33. The van der Waals surface area contributed by atoms with Crippen LogP contribution in [0.3, 0.4) is 0 Å². The van der Waals surface area contributed by atoms with Crippen LogP contribution in [0, 0.1) is 0 Å². The minimum absolute atomic E-state index is 0.234. The average Bonchev–Trinajstić information content (AvgIpc) is 2.37. The van der Waals surface area contributed by atoms with E-state index in [1.165, 1.54) is 12.4 Å². The molecule has 0 spiro atoms. The summed E-state index contributed by atoms with van der Waals surface area (Å²) in [4.78, 5) is 22.2. The Morgan fingerprint density at radius 1 is 1.41 bits per heavy atom. The SMILES string of the molecule is CCCOc1cncc(-c2ncc[nH]c2=O)c1. The highest BCUT2D eigenvalue weighted by molar-refractivity contribution is 5.58. The molecule has 0 saturated heterocycles. The molecule has 0 aliphatic heterocycles. The van der Waals surface area contributed by atoms with Gasteiger partial charge in [0.05, 0.1) is 12.8 Å². The van der Waals surface area contributed by atoms with Crippen molar-refractivity contribution in [3.63, 3.8) is 0 Å². The van der Waals surface area contributed by atoms with Crippen molar-refractivity contribution < 1.29 is 4.74 Å². The number of nitrogens with one attached hydrogen (secondary N) is 1. The van der Waals surface area contributed by atoms with Crippen molar-refractivity contribution in [3.05, 3.63) is 41.2 Å². The fraction of sp³-hybridized carbons (Fsp3) is 0.250. The molecule has 0 amide bonds. The van der Waals surface area contributed by atoms with Gasteiger partial charge in [0.15, 0.2) is 0 Å². The first-order valence-electron chi connectivity index (χ1n) is 5.43. The molecule has 88 valence electrons. The first kappa shape index (κ1) is 11.3. The second-order valence-corrected chi connectivity index (χ2v) is 3.52. The van der Waals surface area contributed by atoms with Crippen LogP contribution in [0.1, 0.15) is 13.3 Å². The van der Waals surface area contributed by atoms with Gasteiger partial charge in [0.1, 0.15) is 11.4 Å². The molecule has 2 rings (SSSR count). The fourth-order valence-electron chi connectivity index (χ4n) is 1.40. The first-order chi connectivity index (χ1) is 8.31. The van der Waals surface area contributed by atoms with Crippen molar-refractivity contribution in [2.75, 3.05) is 6.61 Å². The average molecular weight is 231 g/mol. The predicted octanol–water partition coefficient (Wildman–Crippen LogP) is 1.62. The molecule has 2 heterocycles. The molecule has 0 aliphatic carbocycles. The Morgan fingerprint density at radius 3 is 3.06 bits per heavy atom. The lowest BCUT2D eigenvalue weighted by molar-refractivity contribution is 0.316. The van der Waals surface area contributed by atoms with E-state index >= 15 is 0 Å². The fourth-order valence-corrected chi connectivity index (χ4v) is 1.40. The van der Waals surface area contributed by atoms with Crippen LogP contribution in [-0.4, -0.2) is 21.6 Å². The van der Waals surface area contributed by atoms with Crippen molar-refractivity contribution in [2.45, 2.75) is 13.3 Å². The van der Waals surface area contributed by atoms with Crippen LogP contribution in [0.25, 0.3) is 11.3 Å². The molecule has 0 radical (unpaired) electrons. The van der Waals surface area contributed by atoms with E-state index in [1.54, 1.807) is 18.5 Å². The Morgan fingerprint density at radius 2 is 2.29 bits per heavy atom. The minimum atomic E-state index is -0.234. The molecule has 5 nitrogen and oxygen atoms in total. The quantitative estimate of drug-likeness (QED) is 0.868. The number of hydrogen-bond acceptors (Lipinski definition) is 4. The highest BCUT2D eigenvalue weighted by Gasteiger charge is 2.05. The standard InChI is InChI=1S/C12H13N3O2/c1-2-5-17-10-6-9(7-13-8-10)11-12(16)15-4-3-14-11/h3-4,6-8H,2,5H2,1H3,(H,15,16). The zero-order valence-corrected chi connectivity index (χ0v) is 9.51.